The second-order valence-corrected chi connectivity index (χ2v) is 4.89. The van der Waals surface area contributed by atoms with Crippen molar-refractivity contribution < 1.29 is 18.0 Å². The maximum Gasteiger partial charge on any atom is 0.417 e. The number of rotatable bonds is 2. The lowest BCUT2D eigenvalue weighted by molar-refractivity contribution is -0.137. The molecule has 1 aromatic carbocycles. The Bertz CT molecular complexity index is 575. The van der Waals surface area contributed by atoms with Crippen LogP contribution in [0.5, 0.6) is 0 Å². The minimum atomic E-state index is -4.55. The maximum absolute atomic E-state index is 12.7. The van der Waals surface area contributed by atoms with E-state index in [4.69, 9.17) is 11.6 Å². The van der Waals surface area contributed by atoms with Crippen LogP contribution in [0.25, 0.3) is 0 Å². The van der Waals surface area contributed by atoms with Crippen molar-refractivity contribution in [3.63, 3.8) is 0 Å². The zero-order valence-electron chi connectivity index (χ0n) is 10.6. The summed E-state index contributed by atoms with van der Waals surface area (Å²) in [5.41, 5.74) is 0.575. The molecule has 1 amide bonds. The standard InChI is InChI=1S/C13H12ClF3N2O/c1-7(8-5-18-6-8)12(20)19-9-2-3-11(14)10(4-9)13(15,16)17/h2-4,18H,5-6H2,1H3,(H,19,20). The molecular formula is C13H12ClF3N2O. The second kappa shape index (κ2) is 5.46. The van der Waals surface area contributed by atoms with Crippen molar-refractivity contribution in [3.8, 4) is 0 Å². The third kappa shape index (κ3) is 3.13. The molecule has 1 aliphatic heterocycles. The van der Waals surface area contributed by atoms with E-state index in [2.05, 4.69) is 10.6 Å². The quantitative estimate of drug-likeness (QED) is 0.824. The highest BCUT2D eigenvalue weighted by atomic mass is 35.5. The van der Waals surface area contributed by atoms with Crippen LogP contribution in [0.2, 0.25) is 5.02 Å². The Hall–Kier alpha value is -1.53. The molecule has 3 nitrogen and oxygen atoms in total. The summed E-state index contributed by atoms with van der Waals surface area (Å²) in [5.74, 6) is -0.406. The minimum Gasteiger partial charge on any atom is -0.322 e. The van der Waals surface area contributed by atoms with E-state index in [1.165, 1.54) is 6.07 Å². The fourth-order valence-corrected chi connectivity index (χ4v) is 1.95. The largest absolute Gasteiger partial charge is 0.417 e. The number of anilines is 1. The van der Waals surface area contributed by atoms with Gasteiger partial charge in [-0.15, -0.1) is 0 Å². The predicted octanol–water partition coefficient (Wildman–Crippen LogP) is 3.22. The molecule has 20 heavy (non-hydrogen) atoms. The van der Waals surface area contributed by atoms with Gasteiger partial charge >= 0.3 is 6.18 Å². The Morgan fingerprint density at radius 2 is 2.00 bits per heavy atom. The first-order valence-electron chi connectivity index (χ1n) is 5.86. The summed E-state index contributed by atoms with van der Waals surface area (Å²) in [7, 11) is 0. The molecule has 1 aromatic rings. The number of hydrogen-bond donors (Lipinski definition) is 2. The molecule has 0 bridgehead atoms. The molecule has 0 spiro atoms. The lowest BCUT2D eigenvalue weighted by atomic mass is 10.0. The smallest absolute Gasteiger partial charge is 0.322 e. The van der Waals surface area contributed by atoms with E-state index in [1.807, 2.05) is 0 Å². The van der Waals surface area contributed by atoms with Gasteiger partial charge in [0.15, 0.2) is 0 Å². The number of alkyl halides is 3. The lowest BCUT2D eigenvalue weighted by Crippen LogP contribution is -2.36. The number of nitrogens with one attached hydrogen (secondary N) is 2. The lowest BCUT2D eigenvalue weighted by Gasteiger charge is -2.21. The molecule has 2 N–H and O–H groups in total. The number of carbonyl (C=O) groups is 1. The third-order valence-electron chi connectivity index (χ3n) is 3.08. The number of halogens is 4. The van der Waals surface area contributed by atoms with Gasteiger partial charge < -0.3 is 10.6 Å². The van der Waals surface area contributed by atoms with Crippen LogP contribution in [0.1, 0.15) is 12.5 Å². The fraction of sp³-hybridized carbons (Fsp3) is 0.308. The summed E-state index contributed by atoms with van der Waals surface area (Å²) in [6, 6.07) is 3.29. The van der Waals surface area contributed by atoms with Crippen LogP contribution in [0.15, 0.2) is 29.3 Å². The summed E-state index contributed by atoms with van der Waals surface area (Å²) in [4.78, 5) is 11.9. The van der Waals surface area contributed by atoms with E-state index in [1.54, 1.807) is 6.92 Å². The van der Waals surface area contributed by atoms with E-state index in [9.17, 15) is 18.0 Å². The van der Waals surface area contributed by atoms with Crippen molar-refractivity contribution >= 4 is 23.2 Å². The normalized spacial score (nSPS) is 14.8. The van der Waals surface area contributed by atoms with Gasteiger partial charge in [0.1, 0.15) is 0 Å². The first-order chi connectivity index (χ1) is 9.29. The van der Waals surface area contributed by atoms with Crippen LogP contribution in [-0.4, -0.2) is 19.0 Å². The van der Waals surface area contributed by atoms with E-state index >= 15 is 0 Å². The molecule has 0 atom stereocenters. The molecule has 1 fully saturated rings. The van der Waals surface area contributed by atoms with Gasteiger partial charge in [-0.25, -0.2) is 0 Å². The first kappa shape index (κ1) is 14.9. The van der Waals surface area contributed by atoms with Crippen LogP contribution in [0.4, 0.5) is 18.9 Å². The molecular weight excluding hydrogens is 293 g/mol. The van der Waals surface area contributed by atoms with Gasteiger partial charge in [-0.3, -0.25) is 4.79 Å². The Morgan fingerprint density at radius 3 is 2.50 bits per heavy atom. The Labute approximate surface area is 118 Å². The average molecular weight is 305 g/mol. The molecule has 0 saturated carbocycles. The Balaban J connectivity index is 2.20. The number of hydrogen-bond acceptors (Lipinski definition) is 2. The highest BCUT2D eigenvalue weighted by Crippen LogP contribution is 2.36. The molecule has 1 aliphatic rings. The third-order valence-corrected chi connectivity index (χ3v) is 3.41. The summed E-state index contributed by atoms with van der Waals surface area (Å²) in [6.45, 7) is 2.91. The highest BCUT2D eigenvalue weighted by Gasteiger charge is 2.33. The van der Waals surface area contributed by atoms with Gasteiger partial charge in [-0.2, -0.15) is 13.2 Å². The van der Waals surface area contributed by atoms with E-state index in [-0.39, 0.29) is 5.69 Å². The summed E-state index contributed by atoms with van der Waals surface area (Å²) in [5, 5.41) is 5.05. The monoisotopic (exact) mass is 304 g/mol. The molecule has 108 valence electrons. The minimum absolute atomic E-state index is 0.0685. The van der Waals surface area contributed by atoms with E-state index < -0.39 is 22.7 Å². The van der Waals surface area contributed by atoms with Crippen molar-refractivity contribution in [1.29, 1.82) is 0 Å². The van der Waals surface area contributed by atoms with Gasteiger partial charge in [0.05, 0.1) is 10.6 Å². The van der Waals surface area contributed by atoms with Gasteiger partial charge in [-0.05, 0) is 30.7 Å². The van der Waals surface area contributed by atoms with Crippen LogP contribution >= 0.6 is 11.6 Å². The summed E-state index contributed by atoms with van der Waals surface area (Å²) >= 11 is 5.51. The van der Waals surface area contributed by atoms with Crippen molar-refractivity contribution in [2.24, 2.45) is 0 Å². The fourth-order valence-electron chi connectivity index (χ4n) is 1.72. The Kier molecular flexibility index (Phi) is 4.06. The molecule has 0 unspecified atom stereocenters. The zero-order chi connectivity index (χ0) is 14.9. The molecule has 0 aromatic heterocycles. The Morgan fingerprint density at radius 1 is 1.35 bits per heavy atom. The van der Waals surface area contributed by atoms with Crippen molar-refractivity contribution in [2.75, 3.05) is 18.4 Å². The van der Waals surface area contributed by atoms with E-state index in [0.29, 0.717) is 18.7 Å². The van der Waals surface area contributed by atoms with Gasteiger partial charge in [0, 0.05) is 24.4 Å². The number of carbonyl (C=O) groups excluding carboxylic acids is 1. The maximum atomic E-state index is 12.7. The second-order valence-electron chi connectivity index (χ2n) is 4.48. The molecule has 1 saturated heterocycles. The van der Waals surface area contributed by atoms with Gasteiger partial charge in [0.25, 0.3) is 5.91 Å². The predicted molar refractivity (Wildman–Crippen MR) is 70.7 cm³/mol. The molecule has 0 aliphatic carbocycles. The van der Waals surface area contributed by atoms with Crippen molar-refractivity contribution in [2.45, 2.75) is 13.1 Å². The van der Waals surface area contributed by atoms with Crippen LogP contribution < -0.4 is 10.6 Å². The average Bonchev–Trinajstić information content (AvgIpc) is 2.27. The highest BCUT2D eigenvalue weighted by molar-refractivity contribution is 6.31. The topological polar surface area (TPSA) is 41.1 Å². The number of benzene rings is 1. The number of amides is 1. The molecule has 0 radical (unpaired) electrons. The summed E-state index contributed by atoms with van der Waals surface area (Å²) in [6.07, 6.45) is -4.55. The van der Waals surface area contributed by atoms with Crippen LogP contribution in [0, 0.1) is 0 Å². The molecule has 2 rings (SSSR count). The zero-order valence-corrected chi connectivity index (χ0v) is 11.3. The van der Waals surface area contributed by atoms with Crippen molar-refractivity contribution in [1.82, 2.24) is 5.32 Å². The first-order valence-corrected chi connectivity index (χ1v) is 6.24. The van der Waals surface area contributed by atoms with Gasteiger partial charge in [-0.1, -0.05) is 11.6 Å². The van der Waals surface area contributed by atoms with E-state index in [0.717, 1.165) is 17.7 Å². The summed E-state index contributed by atoms with van der Waals surface area (Å²) < 4.78 is 38.1. The van der Waals surface area contributed by atoms with Crippen molar-refractivity contribution in [3.05, 3.63) is 39.9 Å². The SMILES string of the molecule is CC(C(=O)Nc1ccc(Cl)c(C(F)(F)F)c1)=C1CNC1. The van der Waals surface area contributed by atoms with Crippen LogP contribution in [-0.2, 0) is 11.0 Å². The van der Waals surface area contributed by atoms with Crippen LogP contribution in [0.3, 0.4) is 0 Å². The van der Waals surface area contributed by atoms with Gasteiger partial charge in [0.2, 0.25) is 0 Å². The molecule has 1 heterocycles. The molecule has 7 heteroatoms.